The van der Waals surface area contributed by atoms with Crippen LogP contribution in [0.5, 0.6) is 0 Å². The first-order chi connectivity index (χ1) is 3.66. The van der Waals surface area contributed by atoms with E-state index >= 15 is 0 Å². The van der Waals surface area contributed by atoms with Gasteiger partial charge in [0.25, 0.3) is 0 Å². The van der Waals surface area contributed by atoms with Gasteiger partial charge in [-0.25, -0.2) is 0 Å². The van der Waals surface area contributed by atoms with Crippen molar-refractivity contribution in [2.75, 3.05) is 0 Å². The van der Waals surface area contributed by atoms with Gasteiger partial charge in [-0.15, -0.1) is 0 Å². The largest absolute Gasteiger partial charge is 2.00 e. The molecule has 0 amide bonds. The van der Waals surface area contributed by atoms with E-state index in [2.05, 4.69) is 0 Å². The summed E-state index contributed by atoms with van der Waals surface area (Å²) in [6, 6.07) is 0. The van der Waals surface area contributed by atoms with Crippen molar-refractivity contribution in [3.8, 4) is 0 Å². The summed E-state index contributed by atoms with van der Waals surface area (Å²) in [4.78, 5) is 9.97. The monoisotopic (exact) mass is 142 g/mol. The molecule has 1 N–H and O–H groups in total. The zero-order chi connectivity index (χ0) is 6.57. The second-order valence-corrected chi connectivity index (χ2v) is 2.11. The molecule has 9 heavy (non-hydrogen) atoms. The van der Waals surface area contributed by atoms with E-state index in [4.69, 9.17) is 5.11 Å². The van der Waals surface area contributed by atoms with Gasteiger partial charge in [-0.3, -0.25) is 4.79 Å². The van der Waals surface area contributed by atoms with Gasteiger partial charge in [0.2, 0.25) is 0 Å². The first-order valence-electron chi connectivity index (χ1n) is 2.88. The van der Waals surface area contributed by atoms with Gasteiger partial charge in [0.1, 0.15) is 0 Å². The molecule has 0 aromatic carbocycles. The van der Waals surface area contributed by atoms with Crippen LogP contribution in [0.15, 0.2) is 0 Å². The Morgan fingerprint density at radius 3 is 2.33 bits per heavy atom. The third-order valence-electron chi connectivity index (χ3n) is 1.22. The number of carboxylic acid groups (broad SMARTS) is 1. The molecule has 2 nitrogen and oxygen atoms in total. The van der Waals surface area contributed by atoms with Gasteiger partial charge < -0.3 is 7.96 Å². The minimum absolute atomic E-state index is 0. The standard InChI is InChI=1S/C6H12O2.Mg.2H/c1-3-5(2)4-6(7)8;;;/h5H,3-4H2,1-2H3,(H,7,8);;;/q;+2;2*-1. The van der Waals surface area contributed by atoms with E-state index in [1.165, 1.54) is 0 Å². The number of rotatable bonds is 3. The molecular formula is C6H14MgO2. The van der Waals surface area contributed by atoms with Crippen LogP contribution in [0.3, 0.4) is 0 Å². The molecule has 0 aromatic rings. The molecule has 3 heteroatoms. The van der Waals surface area contributed by atoms with Crippen molar-refractivity contribution in [3.63, 3.8) is 0 Å². The van der Waals surface area contributed by atoms with E-state index < -0.39 is 5.97 Å². The minimum atomic E-state index is -0.695. The quantitative estimate of drug-likeness (QED) is 0.604. The van der Waals surface area contributed by atoms with E-state index in [0.29, 0.717) is 12.3 Å². The fourth-order valence-electron chi connectivity index (χ4n) is 0.442. The summed E-state index contributed by atoms with van der Waals surface area (Å²) in [7, 11) is 0. The van der Waals surface area contributed by atoms with Crippen LogP contribution in [0.4, 0.5) is 0 Å². The second kappa shape index (κ2) is 6.36. The Morgan fingerprint density at radius 2 is 2.22 bits per heavy atom. The van der Waals surface area contributed by atoms with Crippen molar-refractivity contribution < 1.29 is 12.8 Å². The van der Waals surface area contributed by atoms with Gasteiger partial charge in [0.15, 0.2) is 0 Å². The molecule has 0 rings (SSSR count). The maximum Gasteiger partial charge on any atom is 2.00 e. The molecule has 0 heterocycles. The number of hydrogen-bond donors (Lipinski definition) is 1. The molecule has 0 aliphatic rings. The van der Waals surface area contributed by atoms with Crippen LogP contribution in [-0.4, -0.2) is 34.1 Å². The molecular weight excluding hydrogens is 128 g/mol. The Hall–Kier alpha value is 0.236. The topological polar surface area (TPSA) is 37.3 Å². The van der Waals surface area contributed by atoms with Crippen LogP contribution >= 0.6 is 0 Å². The zero-order valence-electron chi connectivity index (χ0n) is 8.05. The van der Waals surface area contributed by atoms with Crippen molar-refractivity contribution in [1.29, 1.82) is 0 Å². The first kappa shape index (κ1) is 12.0. The maximum atomic E-state index is 9.97. The molecule has 0 aliphatic carbocycles. The number of carboxylic acids is 1. The summed E-state index contributed by atoms with van der Waals surface area (Å²) in [5.41, 5.74) is 0. The smallest absolute Gasteiger partial charge is 1.00 e. The van der Waals surface area contributed by atoms with E-state index in [1.54, 1.807) is 0 Å². The van der Waals surface area contributed by atoms with Crippen molar-refractivity contribution in [3.05, 3.63) is 0 Å². The predicted octanol–water partition coefficient (Wildman–Crippen LogP) is 1.35. The first-order valence-corrected chi connectivity index (χ1v) is 2.88. The van der Waals surface area contributed by atoms with Crippen molar-refractivity contribution in [1.82, 2.24) is 0 Å². The van der Waals surface area contributed by atoms with Gasteiger partial charge in [0.05, 0.1) is 0 Å². The normalized spacial score (nSPS) is 11.8. The second-order valence-electron chi connectivity index (χ2n) is 2.11. The van der Waals surface area contributed by atoms with Gasteiger partial charge in [-0.1, -0.05) is 20.3 Å². The Morgan fingerprint density at radius 1 is 1.78 bits per heavy atom. The molecule has 52 valence electrons. The van der Waals surface area contributed by atoms with Crippen LogP contribution in [0.25, 0.3) is 0 Å². The summed E-state index contributed by atoms with van der Waals surface area (Å²) < 4.78 is 0. The third kappa shape index (κ3) is 8.24. The molecule has 0 spiro atoms. The van der Waals surface area contributed by atoms with Crippen molar-refractivity contribution in [2.45, 2.75) is 26.7 Å². The summed E-state index contributed by atoms with van der Waals surface area (Å²) in [5, 5.41) is 8.22. The molecule has 0 saturated carbocycles. The Balaban J connectivity index is -0.0000000817. The predicted molar refractivity (Wildman–Crippen MR) is 39.7 cm³/mol. The number of carbonyl (C=O) groups is 1. The fraction of sp³-hybridized carbons (Fsp3) is 0.833. The Labute approximate surface area is 74.8 Å². The molecule has 0 saturated heterocycles. The van der Waals surface area contributed by atoms with E-state index in [0.717, 1.165) is 6.42 Å². The average molecular weight is 142 g/mol. The Kier molecular flexibility index (Phi) is 8.45. The van der Waals surface area contributed by atoms with Gasteiger partial charge in [0, 0.05) is 6.42 Å². The third-order valence-corrected chi connectivity index (χ3v) is 1.22. The van der Waals surface area contributed by atoms with E-state index in [-0.39, 0.29) is 25.9 Å². The summed E-state index contributed by atoms with van der Waals surface area (Å²) in [6.07, 6.45) is 1.25. The molecule has 0 fully saturated rings. The SMILES string of the molecule is CCC(C)CC(=O)O.[H-].[H-].[Mg+2]. The van der Waals surface area contributed by atoms with Crippen molar-refractivity contribution in [2.24, 2.45) is 5.92 Å². The summed E-state index contributed by atoms with van der Waals surface area (Å²) >= 11 is 0. The van der Waals surface area contributed by atoms with Crippen molar-refractivity contribution >= 4 is 29.0 Å². The summed E-state index contributed by atoms with van der Waals surface area (Å²) in [5.74, 6) is -0.369. The van der Waals surface area contributed by atoms with Crippen LogP contribution in [-0.2, 0) is 4.79 Å². The summed E-state index contributed by atoms with van der Waals surface area (Å²) in [6.45, 7) is 3.93. The van der Waals surface area contributed by atoms with Gasteiger partial charge in [-0.05, 0) is 5.92 Å². The van der Waals surface area contributed by atoms with Crippen LogP contribution in [0.2, 0.25) is 0 Å². The molecule has 0 aromatic heterocycles. The minimum Gasteiger partial charge on any atom is -1.00 e. The van der Waals surface area contributed by atoms with Gasteiger partial charge in [-0.2, -0.15) is 0 Å². The van der Waals surface area contributed by atoms with E-state index in [9.17, 15) is 4.79 Å². The molecule has 1 atom stereocenters. The maximum absolute atomic E-state index is 9.97. The van der Waals surface area contributed by atoms with Crippen LogP contribution in [0, 0.1) is 5.92 Å². The average Bonchev–Trinajstić information content (AvgIpc) is 1.65. The van der Waals surface area contributed by atoms with Crippen LogP contribution in [0.1, 0.15) is 29.5 Å². The van der Waals surface area contributed by atoms with E-state index in [1.807, 2.05) is 13.8 Å². The Bertz CT molecular complexity index is 90.7. The molecule has 0 radical (unpaired) electrons. The number of aliphatic carboxylic acids is 1. The molecule has 0 aliphatic heterocycles. The fourth-order valence-corrected chi connectivity index (χ4v) is 0.442. The number of hydrogen-bond acceptors (Lipinski definition) is 1. The molecule has 0 bridgehead atoms. The zero-order valence-corrected chi connectivity index (χ0v) is 7.47. The van der Waals surface area contributed by atoms with Crippen LogP contribution < -0.4 is 0 Å². The molecule has 1 unspecified atom stereocenters. The van der Waals surface area contributed by atoms with Gasteiger partial charge >= 0.3 is 29.0 Å².